The highest BCUT2D eigenvalue weighted by molar-refractivity contribution is 5.94. The van der Waals surface area contributed by atoms with Gasteiger partial charge in [0.25, 0.3) is 5.91 Å². The van der Waals surface area contributed by atoms with Crippen LogP contribution >= 0.6 is 0 Å². The highest BCUT2D eigenvalue weighted by Gasteiger charge is 2.53. The van der Waals surface area contributed by atoms with Crippen LogP contribution in [0.3, 0.4) is 0 Å². The van der Waals surface area contributed by atoms with E-state index in [9.17, 15) is 18.0 Å². The number of rotatable bonds is 3. The molecule has 1 N–H and O–H groups in total. The Morgan fingerprint density at radius 3 is 2.35 bits per heavy atom. The maximum absolute atomic E-state index is 13.5. The summed E-state index contributed by atoms with van der Waals surface area (Å²) in [7, 11) is 0. The van der Waals surface area contributed by atoms with Gasteiger partial charge in [0.1, 0.15) is 5.82 Å². The van der Waals surface area contributed by atoms with Crippen LogP contribution in [0.5, 0.6) is 0 Å². The average molecular weight is 357 g/mol. The summed E-state index contributed by atoms with van der Waals surface area (Å²) in [5.41, 5.74) is 0.830. The fourth-order valence-corrected chi connectivity index (χ4v) is 3.12. The highest BCUT2D eigenvalue weighted by atomic mass is 19.3. The number of carbonyl (C=O) groups is 1. The van der Waals surface area contributed by atoms with E-state index in [0.717, 1.165) is 0 Å². The Hall–Kier alpha value is -2.74. The molecule has 0 aromatic heterocycles. The van der Waals surface area contributed by atoms with E-state index in [-0.39, 0.29) is 31.1 Å². The summed E-state index contributed by atoms with van der Waals surface area (Å²) in [6.45, 7) is 1.96. The molecule has 1 saturated carbocycles. The van der Waals surface area contributed by atoms with Crippen LogP contribution in [0.4, 0.5) is 13.2 Å². The molecule has 5 heteroatoms. The number of hydrogen-bond acceptors (Lipinski definition) is 1. The van der Waals surface area contributed by atoms with Gasteiger partial charge in [-0.25, -0.2) is 13.2 Å². The minimum absolute atomic E-state index is 0.204. The van der Waals surface area contributed by atoms with E-state index in [0.29, 0.717) is 16.7 Å². The normalized spacial score (nSPS) is 16.8. The lowest BCUT2D eigenvalue weighted by atomic mass is 9.67. The zero-order chi connectivity index (χ0) is 18.8. The molecular weight excluding hydrogens is 339 g/mol. The first-order valence-corrected chi connectivity index (χ1v) is 8.29. The minimum Gasteiger partial charge on any atom is -0.351 e. The SMILES string of the molecule is CC1(CNC(=O)c2ccc(C#Cc3ccccc3F)cc2)CC(F)(F)C1. The number of halogens is 3. The van der Waals surface area contributed by atoms with Gasteiger partial charge in [-0.05, 0) is 41.8 Å². The molecule has 2 nitrogen and oxygen atoms in total. The number of hydrogen-bond donors (Lipinski definition) is 1. The lowest BCUT2D eigenvalue weighted by molar-refractivity contribution is -0.151. The third-order valence-corrected chi connectivity index (χ3v) is 4.41. The Bertz CT molecular complexity index is 870. The second-order valence-corrected chi connectivity index (χ2v) is 7.01. The van der Waals surface area contributed by atoms with E-state index in [1.54, 1.807) is 49.4 Å². The summed E-state index contributed by atoms with van der Waals surface area (Å²) in [5, 5.41) is 2.71. The molecule has 3 rings (SSSR count). The summed E-state index contributed by atoms with van der Waals surface area (Å²) < 4.78 is 39.5. The molecule has 0 saturated heterocycles. The van der Waals surface area contributed by atoms with Crippen molar-refractivity contribution in [3.05, 3.63) is 71.0 Å². The van der Waals surface area contributed by atoms with E-state index in [1.807, 2.05) is 0 Å². The smallest absolute Gasteiger partial charge is 0.251 e. The van der Waals surface area contributed by atoms with Gasteiger partial charge < -0.3 is 5.32 Å². The molecule has 134 valence electrons. The van der Waals surface area contributed by atoms with Crippen molar-refractivity contribution in [3.8, 4) is 11.8 Å². The van der Waals surface area contributed by atoms with Crippen LogP contribution in [0.15, 0.2) is 48.5 Å². The van der Waals surface area contributed by atoms with Crippen molar-refractivity contribution >= 4 is 5.91 Å². The van der Waals surface area contributed by atoms with Crippen LogP contribution in [0, 0.1) is 23.1 Å². The number of amides is 1. The summed E-state index contributed by atoms with van der Waals surface area (Å²) in [6, 6.07) is 12.8. The minimum atomic E-state index is -2.61. The van der Waals surface area contributed by atoms with Crippen LogP contribution < -0.4 is 5.32 Å². The van der Waals surface area contributed by atoms with Gasteiger partial charge in [-0.2, -0.15) is 0 Å². The Balaban J connectivity index is 1.59. The molecule has 0 atom stereocenters. The van der Waals surface area contributed by atoms with Crippen molar-refractivity contribution in [1.29, 1.82) is 0 Å². The Labute approximate surface area is 150 Å². The molecule has 0 spiro atoms. The van der Waals surface area contributed by atoms with Crippen molar-refractivity contribution in [2.75, 3.05) is 6.54 Å². The first kappa shape index (κ1) is 18.1. The van der Waals surface area contributed by atoms with Crippen LogP contribution in [-0.4, -0.2) is 18.4 Å². The van der Waals surface area contributed by atoms with Gasteiger partial charge in [0.05, 0.1) is 5.56 Å². The second kappa shape index (κ2) is 6.87. The lowest BCUT2D eigenvalue weighted by Crippen LogP contribution is -2.50. The monoisotopic (exact) mass is 357 g/mol. The molecule has 0 heterocycles. The number of carbonyl (C=O) groups excluding carboxylic acids is 1. The third kappa shape index (κ3) is 4.26. The summed E-state index contributed by atoms with van der Waals surface area (Å²) in [6.07, 6.45) is -0.407. The maximum Gasteiger partial charge on any atom is 0.251 e. The van der Waals surface area contributed by atoms with Crippen molar-refractivity contribution in [2.45, 2.75) is 25.7 Å². The molecule has 2 aromatic rings. The number of benzene rings is 2. The average Bonchev–Trinajstić information content (AvgIpc) is 2.58. The van der Waals surface area contributed by atoms with Gasteiger partial charge in [0, 0.05) is 30.5 Å². The maximum atomic E-state index is 13.5. The zero-order valence-corrected chi connectivity index (χ0v) is 14.3. The Morgan fingerprint density at radius 1 is 1.08 bits per heavy atom. The molecule has 0 unspecified atom stereocenters. The standard InChI is InChI=1S/C21H18F3NO/c1-20(12-21(23,24)13-20)14-25-19(26)17-10-7-15(8-11-17)6-9-16-4-2-3-5-18(16)22/h2-5,7-8,10-11H,12-14H2,1H3,(H,25,26). The van der Waals surface area contributed by atoms with E-state index in [1.165, 1.54) is 6.07 Å². The largest absolute Gasteiger partial charge is 0.351 e. The molecule has 2 aromatic carbocycles. The van der Waals surface area contributed by atoms with Crippen molar-refractivity contribution in [1.82, 2.24) is 5.32 Å². The molecule has 1 amide bonds. The highest BCUT2D eigenvalue weighted by Crippen LogP contribution is 2.51. The van der Waals surface area contributed by atoms with Crippen molar-refractivity contribution in [3.63, 3.8) is 0 Å². The first-order valence-electron chi connectivity index (χ1n) is 8.29. The Kier molecular flexibility index (Phi) is 4.78. The second-order valence-electron chi connectivity index (χ2n) is 7.01. The number of nitrogens with one attached hydrogen (secondary N) is 1. The molecule has 1 aliphatic carbocycles. The van der Waals surface area contributed by atoms with Crippen molar-refractivity contribution < 1.29 is 18.0 Å². The van der Waals surface area contributed by atoms with E-state index in [2.05, 4.69) is 17.2 Å². The lowest BCUT2D eigenvalue weighted by Gasteiger charge is -2.44. The van der Waals surface area contributed by atoms with Gasteiger partial charge in [-0.15, -0.1) is 0 Å². The van der Waals surface area contributed by atoms with E-state index < -0.39 is 11.3 Å². The summed E-state index contributed by atoms with van der Waals surface area (Å²) in [4.78, 5) is 12.1. The quantitative estimate of drug-likeness (QED) is 0.811. The van der Waals surface area contributed by atoms with Gasteiger partial charge >= 0.3 is 0 Å². The van der Waals surface area contributed by atoms with Gasteiger partial charge in [-0.3, -0.25) is 4.79 Å². The molecular formula is C21H18F3NO. The third-order valence-electron chi connectivity index (χ3n) is 4.41. The molecule has 0 bridgehead atoms. The fraction of sp³-hybridized carbons (Fsp3) is 0.286. The Morgan fingerprint density at radius 2 is 1.73 bits per heavy atom. The topological polar surface area (TPSA) is 29.1 Å². The zero-order valence-electron chi connectivity index (χ0n) is 14.3. The van der Waals surface area contributed by atoms with E-state index >= 15 is 0 Å². The molecule has 26 heavy (non-hydrogen) atoms. The van der Waals surface area contributed by atoms with Gasteiger partial charge in [0.2, 0.25) is 5.92 Å². The van der Waals surface area contributed by atoms with Gasteiger partial charge in [0.15, 0.2) is 0 Å². The van der Waals surface area contributed by atoms with E-state index in [4.69, 9.17) is 0 Å². The predicted molar refractivity (Wildman–Crippen MR) is 93.4 cm³/mol. The van der Waals surface area contributed by atoms with Crippen LogP contribution in [-0.2, 0) is 0 Å². The summed E-state index contributed by atoms with van der Waals surface area (Å²) >= 11 is 0. The van der Waals surface area contributed by atoms with Crippen LogP contribution in [0.1, 0.15) is 41.3 Å². The van der Waals surface area contributed by atoms with Crippen LogP contribution in [0.25, 0.3) is 0 Å². The van der Waals surface area contributed by atoms with Gasteiger partial charge in [-0.1, -0.05) is 30.9 Å². The van der Waals surface area contributed by atoms with Crippen LogP contribution in [0.2, 0.25) is 0 Å². The fourth-order valence-electron chi connectivity index (χ4n) is 3.12. The molecule has 0 radical (unpaired) electrons. The van der Waals surface area contributed by atoms with Crippen molar-refractivity contribution in [2.24, 2.45) is 5.41 Å². The number of alkyl halides is 2. The predicted octanol–water partition coefficient (Wildman–Crippen LogP) is 4.39. The molecule has 1 aliphatic rings. The summed E-state index contributed by atoms with van der Waals surface area (Å²) in [5.74, 6) is 2.29. The first-order chi connectivity index (χ1) is 12.3. The molecule has 0 aliphatic heterocycles. The molecule has 1 fully saturated rings.